The van der Waals surface area contributed by atoms with Crippen LogP contribution in [-0.4, -0.2) is 52.3 Å². The first kappa shape index (κ1) is 34.8. The Labute approximate surface area is 307 Å². The Hall–Kier alpha value is -4.59. The minimum absolute atomic E-state index is 0.00219. The van der Waals surface area contributed by atoms with E-state index in [1.54, 1.807) is 52.9 Å². The Bertz CT molecular complexity index is 2270. The van der Waals surface area contributed by atoms with Gasteiger partial charge in [-0.25, -0.2) is 4.57 Å². The van der Waals surface area contributed by atoms with Crippen molar-refractivity contribution in [2.24, 2.45) is 0 Å². The zero-order valence-corrected chi connectivity index (χ0v) is 30.4. The molecule has 3 aromatic carbocycles. The Balaban J connectivity index is 1.10. The molecule has 3 aromatic heterocycles. The summed E-state index contributed by atoms with van der Waals surface area (Å²) >= 11 is 13.8. The molecule has 264 valence electrons. The fraction of sp³-hybridized carbons (Fsp3) is 0.333. The minimum Gasteiger partial charge on any atom is -0.494 e. The van der Waals surface area contributed by atoms with Gasteiger partial charge < -0.3 is 14.2 Å². The molecule has 1 fully saturated rings. The van der Waals surface area contributed by atoms with Crippen LogP contribution in [0.1, 0.15) is 62.3 Å². The molecule has 0 N–H and O–H groups in total. The fourth-order valence-corrected chi connectivity index (χ4v) is 7.62. The van der Waals surface area contributed by atoms with E-state index >= 15 is 0 Å². The Kier molecular flexibility index (Phi) is 10.5. The summed E-state index contributed by atoms with van der Waals surface area (Å²) in [5.41, 5.74) is 1.72. The van der Waals surface area contributed by atoms with Crippen LogP contribution in [0.5, 0.6) is 11.5 Å². The molecular formula is C36H35Cl2N7O5S. The van der Waals surface area contributed by atoms with Gasteiger partial charge in [0.25, 0.3) is 5.56 Å². The molecule has 3 heterocycles. The van der Waals surface area contributed by atoms with Crippen LogP contribution in [0.15, 0.2) is 70.6 Å². The predicted octanol–water partition coefficient (Wildman–Crippen LogP) is 7.56. The SMILES string of the molecule is CCOc1ccc(-n2c(=O)c3ccc(Cl)cc3n3c(COC(=O)CSc4nnc(COc5ccc(Cl)cc5C)n4C4CCCCC4)nnc23)cc1. The van der Waals surface area contributed by atoms with Gasteiger partial charge in [-0.15, -0.1) is 20.4 Å². The van der Waals surface area contributed by atoms with Gasteiger partial charge in [-0.05, 0) is 92.9 Å². The lowest BCUT2D eigenvalue weighted by Crippen LogP contribution is -2.22. The number of benzene rings is 3. The summed E-state index contributed by atoms with van der Waals surface area (Å²) in [6.45, 7) is 4.42. The highest BCUT2D eigenvalue weighted by Crippen LogP contribution is 2.33. The van der Waals surface area contributed by atoms with Crippen molar-refractivity contribution < 1.29 is 19.0 Å². The Morgan fingerprint density at radius 1 is 0.882 bits per heavy atom. The molecule has 0 radical (unpaired) electrons. The smallest absolute Gasteiger partial charge is 0.316 e. The standard InChI is InChI=1S/C36H35Cl2N7O5S/c1-3-48-27-13-11-26(12-14-27)44-34(47)28-15-9-24(38)18-29(28)45-32(39-41-35(44)45)20-50-33(46)21-51-36-42-40-31(43(36)25-7-5-4-6-8-25)19-49-30-16-10-23(37)17-22(30)2/h9-18,25H,3-8,19-21H2,1-2H3. The first-order valence-electron chi connectivity index (χ1n) is 16.7. The first-order valence-corrected chi connectivity index (χ1v) is 18.5. The summed E-state index contributed by atoms with van der Waals surface area (Å²) in [6, 6.07) is 17.8. The maximum absolute atomic E-state index is 13.7. The topological polar surface area (TPSA) is 128 Å². The number of hydrogen-bond acceptors (Lipinski definition) is 10. The number of fused-ring (bicyclic) bond motifs is 3. The molecular weight excluding hydrogens is 713 g/mol. The molecule has 1 aliphatic carbocycles. The van der Waals surface area contributed by atoms with E-state index in [4.69, 9.17) is 37.4 Å². The number of aryl methyl sites for hydroxylation is 1. The number of rotatable bonds is 12. The highest BCUT2D eigenvalue weighted by atomic mass is 35.5. The van der Waals surface area contributed by atoms with Gasteiger partial charge in [-0.1, -0.05) is 54.2 Å². The molecule has 15 heteroatoms. The van der Waals surface area contributed by atoms with Crippen molar-refractivity contribution in [3.63, 3.8) is 0 Å². The summed E-state index contributed by atoms with van der Waals surface area (Å²) in [5.74, 6) is 2.23. The monoisotopic (exact) mass is 747 g/mol. The van der Waals surface area contributed by atoms with Crippen LogP contribution in [0.2, 0.25) is 10.0 Å². The predicted molar refractivity (Wildman–Crippen MR) is 195 cm³/mol. The number of thioether (sulfide) groups is 1. The van der Waals surface area contributed by atoms with E-state index in [9.17, 15) is 9.59 Å². The van der Waals surface area contributed by atoms with Crippen molar-refractivity contribution in [1.29, 1.82) is 0 Å². The van der Waals surface area contributed by atoms with E-state index in [0.29, 0.717) is 55.8 Å². The maximum atomic E-state index is 13.7. The molecule has 0 spiro atoms. The molecule has 0 saturated heterocycles. The van der Waals surface area contributed by atoms with Crippen LogP contribution in [0.25, 0.3) is 22.4 Å². The maximum Gasteiger partial charge on any atom is 0.316 e. The summed E-state index contributed by atoms with van der Waals surface area (Å²) in [6.07, 6.45) is 5.43. The van der Waals surface area contributed by atoms with E-state index in [2.05, 4.69) is 25.0 Å². The van der Waals surface area contributed by atoms with Gasteiger partial charge in [0, 0.05) is 16.1 Å². The van der Waals surface area contributed by atoms with Crippen LogP contribution in [-0.2, 0) is 22.7 Å². The number of nitrogens with zero attached hydrogens (tertiary/aromatic N) is 7. The number of carbonyl (C=O) groups excluding carboxylic acids is 1. The molecule has 0 aliphatic heterocycles. The van der Waals surface area contributed by atoms with Gasteiger partial charge in [0.05, 0.1) is 29.0 Å². The summed E-state index contributed by atoms with van der Waals surface area (Å²) < 4.78 is 22.7. The molecule has 1 saturated carbocycles. The van der Waals surface area contributed by atoms with Crippen molar-refractivity contribution in [3.8, 4) is 17.2 Å². The third-order valence-electron chi connectivity index (χ3n) is 8.80. The van der Waals surface area contributed by atoms with E-state index in [0.717, 1.165) is 37.0 Å². The van der Waals surface area contributed by atoms with Gasteiger partial charge >= 0.3 is 5.97 Å². The number of esters is 1. The molecule has 0 amide bonds. The zero-order chi connectivity index (χ0) is 35.5. The lowest BCUT2D eigenvalue weighted by Gasteiger charge is -2.25. The quantitative estimate of drug-likeness (QED) is 0.0914. The normalized spacial score (nSPS) is 13.6. The fourth-order valence-electron chi connectivity index (χ4n) is 6.40. The number of halogens is 2. The van der Waals surface area contributed by atoms with E-state index in [1.807, 2.05) is 26.0 Å². The minimum atomic E-state index is -0.466. The molecule has 7 rings (SSSR count). The summed E-state index contributed by atoms with van der Waals surface area (Å²) in [7, 11) is 0. The molecule has 6 aromatic rings. The van der Waals surface area contributed by atoms with E-state index in [1.165, 1.54) is 22.7 Å². The Morgan fingerprint density at radius 3 is 2.39 bits per heavy atom. The largest absolute Gasteiger partial charge is 0.494 e. The summed E-state index contributed by atoms with van der Waals surface area (Å²) in [5, 5.41) is 19.7. The first-order chi connectivity index (χ1) is 24.8. The van der Waals surface area contributed by atoms with E-state index in [-0.39, 0.29) is 36.3 Å². The van der Waals surface area contributed by atoms with E-state index < -0.39 is 5.97 Å². The van der Waals surface area contributed by atoms with Gasteiger partial charge in [0.1, 0.15) is 18.1 Å². The molecule has 12 nitrogen and oxygen atoms in total. The third kappa shape index (κ3) is 7.42. The van der Waals surface area contributed by atoms with Crippen molar-refractivity contribution >= 4 is 57.6 Å². The molecule has 51 heavy (non-hydrogen) atoms. The van der Waals surface area contributed by atoms with Crippen LogP contribution in [0, 0.1) is 6.92 Å². The highest BCUT2D eigenvalue weighted by molar-refractivity contribution is 7.99. The molecule has 0 bridgehead atoms. The van der Waals surface area contributed by atoms with Gasteiger partial charge in [0.15, 0.2) is 23.4 Å². The second-order valence-corrected chi connectivity index (χ2v) is 14.0. The van der Waals surface area contributed by atoms with Crippen molar-refractivity contribution in [2.75, 3.05) is 12.4 Å². The summed E-state index contributed by atoms with van der Waals surface area (Å²) in [4.78, 5) is 26.9. The van der Waals surface area contributed by atoms with Crippen molar-refractivity contribution in [3.05, 3.63) is 98.3 Å². The number of hydrogen-bond donors (Lipinski definition) is 0. The second kappa shape index (κ2) is 15.3. The second-order valence-electron chi connectivity index (χ2n) is 12.2. The molecule has 0 unspecified atom stereocenters. The van der Waals surface area contributed by atoms with Gasteiger partial charge in [-0.2, -0.15) is 0 Å². The zero-order valence-electron chi connectivity index (χ0n) is 28.1. The molecule has 0 atom stereocenters. The third-order valence-corrected chi connectivity index (χ3v) is 10.2. The van der Waals surface area contributed by atoms with Crippen LogP contribution < -0.4 is 15.0 Å². The van der Waals surface area contributed by atoms with Crippen LogP contribution in [0.3, 0.4) is 0 Å². The van der Waals surface area contributed by atoms with Crippen molar-refractivity contribution in [2.45, 2.75) is 70.4 Å². The van der Waals surface area contributed by atoms with Crippen LogP contribution in [0.4, 0.5) is 0 Å². The lowest BCUT2D eigenvalue weighted by atomic mass is 9.95. The lowest BCUT2D eigenvalue weighted by molar-refractivity contribution is -0.141. The van der Waals surface area contributed by atoms with Crippen LogP contribution >= 0.6 is 35.0 Å². The highest BCUT2D eigenvalue weighted by Gasteiger charge is 2.25. The average Bonchev–Trinajstić information content (AvgIpc) is 3.75. The number of aromatic nitrogens is 7. The number of carbonyl (C=O) groups is 1. The van der Waals surface area contributed by atoms with Crippen molar-refractivity contribution in [1.82, 2.24) is 33.9 Å². The average molecular weight is 749 g/mol. The number of ether oxygens (including phenoxy) is 3. The van der Waals surface area contributed by atoms with Gasteiger partial charge in [-0.3, -0.25) is 18.6 Å². The van der Waals surface area contributed by atoms with Gasteiger partial charge in [0.2, 0.25) is 5.78 Å². The Morgan fingerprint density at radius 2 is 1.63 bits per heavy atom. The molecule has 1 aliphatic rings.